The van der Waals surface area contributed by atoms with Crippen molar-refractivity contribution in [1.29, 1.82) is 0 Å². The molecule has 0 saturated carbocycles. The van der Waals surface area contributed by atoms with Crippen molar-refractivity contribution in [3.63, 3.8) is 0 Å². The van der Waals surface area contributed by atoms with Crippen LogP contribution in [0.25, 0.3) is 0 Å². The number of rotatable bonds is 9. The van der Waals surface area contributed by atoms with Gasteiger partial charge < -0.3 is 19.8 Å². The number of hydrogen-bond donors (Lipinski definition) is 2. The lowest BCUT2D eigenvalue weighted by Crippen LogP contribution is -2.25. The molecule has 0 atom stereocenters. The third kappa shape index (κ3) is 6.23. The molecule has 2 heterocycles. The lowest BCUT2D eigenvalue weighted by molar-refractivity contribution is 0.0943. The number of nitrogens with zero attached hydrogens (tertiary/aromatic N) is 2. The number of ether oxygens (including phenoxy) is 1. The van der Waals surface area contributed by atoms with Gasteiger partial charge in [0, 0.05) is 23.3 Å². The summed E-state index contributed by atoms with van der Waals surface area (Å²) in [6.07, 6.45) is 3.15. The van der Waals surface area contributed by atoms with Crippen molar-refractivity contribution in [2.75, 3.05) is 5.32 Å². The Morgan fingerprint density at radius 3 is 2.57 bits per heavy atom. The maximum atomic E-state index is 12.8. The fourth-order valence-corrected chi connectivity index (χ4v) is 3.67. The van der Waals surface area contributed by atoms with Gasteiger partial charge in [-0.15, -0.1) is 0 Å². The molecule has 0 spiro atoms. The zero-order valence-electron chi connectivity index (χ0n) is 18.8. The molecule has 2 amide bonds. The molecule has 35 heavy (non-hydrogen) atoms. The molecule has 4 aromatic rings. The van der Waals surface area contributed by atoms with Crippen LogP contribution >= 0.6 is 23.2 Å². The van der Waals surface area contributed by atoms with Crippen LogP contribution in [0.1, 0.15) is 39.1 Å². The highest BCUT2D eigenvalue weighted by Crippen LogP contribution is 2.28. The Morgan fingerprint density at radius 2 is 1.89 bits per heavy atom. The van der Waals surface area contributed by atoms with E-state index in [-0.39, 0.29) is 24.8 Å². The van der Waals surface area contributed by atoms with E-state index in [9.17, 15) is 9.59 Å². The number of furan rings is 1. The second-order valence-corrected chi connectivity index (χ2v) is 8.37. The summed E-state index contributed by atoms with van der Waals surface area (Å²) in [6, 6.07) is 15.4. The lowest BCUT2D eigenvalue weighted by Gasteiger charge is -2.09. The van der Waals surface area contributed by atoms with Gasteiger partial charge in [-0.2, -0.15) is 5.10 Å². The number of benzene rings is 2. The highest BCUT2D eigenvalue weighted by Gasteiger charge is 2.19. The minimum Gasteiger partial charge on any atom is -0.487 e. The maximum Gasteiger partial charge on any atom is 0.274 e. The summed E-state index contributed by atoms with van der Waals surface area (Å²) < 4.78 is 12.5. The first kappa shape index (κ1) is 24.4. The molecule has 0 saturated heterocycles. The Bertz CT molecular complexity index is 1320. The number of anilines is 1. The largest absolute Gasteiger partial charge is 0.487 e. The van der Waals surface area contributed by atoms with Crippen LogP contribution in [0.3, 0.4) is 0 Å². The molecule has 0 fully saturated rings. The molecule has 10 heteroatoms. The quantitative estimate of drug-likeness (QED) is 0.305. The van der Waals surface area contributed by atoms with Crippen molar-refractivity contribution in [3.05, 3.63) is 99.7 Å². The van der Waals surface area contributed by atoms with E-state index in [1.807, 2.05) is 6.92 Å². The Hall–Kier alpha value is -3.75. The van der Waals surface area contributed by atoms with Crippen molar-refractivity contribution < 1.29 is 18.7 Å². The summed E-state index contributed by atoms with van der Waals surface area (Å²) in [5.74, 6) is 0.344. The average Bonchev–Trinajstić information content (AvgIpc) is 3.52. The molecule has 0 aliphatic carbocycles. The molecule has 8 nitrogen and oxygen atoms in total. The summed E-state index contributed by atoms with van der Waals surface area (Å²) in [4.78, 5) is 25.5. The van der Waals surface area contributed by atoms with Crippen molar-refractivity contribution >= 4 is 40.7 Å². The molecule has 0 aliphatic rings. The van der Waals surface area contributed by atoms with Crippen LogP contribution in [-0.2, 0) is 19.7 Å². The summed E-state index contributed by atoms with van der Waals surface area (Å²) in [7, 11) is 0. The predicted octanol–water partition coefficient (Wildman–Crippen LogP) is 5.56. The third-order valence-corrected chi connectivity index (χ3v) is 5.59. The molecule has 2 aromatic heterocycles. The van der Waals surface area contributed by atoms with Gasteiger partial charge in [-0.1, -0.05) is 35.3 Å². The van der Waals surface area contributed by atoms with E-state index in [0.717, 1.165) is 5.56 Å². The first-order valence-corrected chi connectivity index (χ1v) is 11.5. The van der Waals surface area contributed by atoms with Gasteiger partial charge in [0.25, 0.3) is 11.8 Å². The van der Waals surface area contributed by atoms with Gasteiger partial charge in [0.1, 0.15) is 18.1 Å². The van der Waals surface area contributed by atoms with Gasteiger partial charge in [-0.05, 0) is 55.0 Å². The fraction of sp³-hybridized carbons (Fsp3) is 0.160. The van der Waals surface area contributed by atoms with Gasteiger partial charge in [0.05, 0.1) is 23.5 Å². The van der Waals surface area contributed by atoms with E-state index in [1.165, 1.54) is 6.26 Å². The summed E-state index contributed by atoms with van der Waals surface area (Å²) >= 11 is 12.0. The zero-order chi connectivity index (χ0) is 24.8. The topological polar surface area (TPSA) is 98.4 Å². The highest BCUT2D eigenvalue weighted by molar-refractivity contribution is 6.35. The Kier molecular flexibility index (Phi) is 7.74. The SMILES string of the molecule is CCn1cc(NC(=O)c2ccc(COc3ccc(Cl)cc3Cl)cc2)c(C(=O)NCc2ccco2)n1. The molecule has 0 bridgehead atoms. The van der Waals surface area contributed by atoms with Crippen molar-refractivity contribution in [2.45, 2.75) is 26.6 Å². The molecule has 0 radical (unpaired) electrons. The standard InChI is InChI=1S/C25H22Cl2N4O4/c1-2-31-14-21(23(30-31)25(33)28-13-19-4-3-11-34-19)29-24(32)17-7-5-16(6-8-17)15-35-22-10-9-18(26)12-20(22)27/h3-12,14H,2,13,15H2,1H3,(H,28,33)(H,29,32). The second kappa shape index (κ2) is 11.1. The molecule has 180 valence electrons. The first-order valence-electron chi connectivity index (χ1n) is 10.8. The van der Waals surface area contributed by atoms with Crippen LogP contribution in [-0.4, -0.2) is 21.6 Å². The molecule has 0 aliphatic heterocycles. The van der Waals surface area contributed by atoms with Gasteiger partial charge in [0.2, 0.25) is 0 Å². The summed E-state index contributed by atoms with van der Waals surface area (Å²) in [5.41, 5.74) is 1.71. The smallest absolute Gasteiger partial charge is 0.274 e. The van der Waals surface area contributed by atoms with E-state index >= 15 is 0 Å². The number of carbonyl (C=O) groups excluding carboxylic acids is 2. The minimum atomic E-state index is -0.419. The van der Waals surface area contributed by atoms with Crippen LogP contribution in [0.2, 0.25) is 10.0 Å². The Labute approximate surface area is 211 Å². The normalized spacial score (nSPS) is 10.7. The van der Waals surface area contributed by atoms with Crippen LogP contribution in [0.4, 0.5) is 5.69 Å². The number of hydrogen-bond acceptors (Lipinski definition) is 5. The number of nitrogens with one attached hydrogen (secondary N) is 2. The number of aromatic nitrogens is 2. The average molecular weight is 513 g/mol. The van der Waals surface area contributed by atoms with Gasteiger partial charge >= 0.3 is 0 Å². The molecule has 2 aromatic carbocycles. The number of aryl methyl sites for hydroxylation is 1. The van der Waals surface area contributed by atoms with E-state index in [4.69, 9.17) is 32.4 Å². The molecule has 0 unspecified atom stereocenters. The van der Waals surface area contributed by atoms with Crippen molar-refractivity contribution in [1.82, 2.24) is 15.1 Å². The highest BCUT2D eigenvalue weighted by atomic mass is 35.5. The number of carbonyl (C=O) groups is 2. The van der Waals surface area contributed by atoms with Crippen LogP contribution in [0, 0.1) is 0 Å². The summed E-state index contributed by atoms with van der Waals surface area (Å²) in [5, 5.41) is 10.7. The number of halogens is 2. The van der Waals surface area contributed by atoms with E-state index in [0.29, 0.717) is 39.4 Å². The van der Waals surface area contributed by atoms with E-state index in [2.05, 4.69) is 15.7 Å². The summed E-state index contributed by atoms with van der Waals surface area (Å²) in [6.45, 7) is 2.91. The maximum absolute atomic E-state index is 12.8. The van der Waals surface area contributed by atoms with Crippen LogP contribution in [0.15, 0.2) is 71.5 Å². The lowest BCUT2D eigenvalue weighted by atomic mass is 10.1. The number of amides is 2. The van der Waals surface area contributed by atoms with Gasteiger partial charge in [-0.3, -0.25) is 14.3 Å². The monoisotopic (exact) mass is 512 g/mol. The minimum absolute atomic E-state index is 0.122. The van der Waals surface area contributed by atoms with Crippen molar-refractivity contribution in [2.24, 2.45) is 0 Å². The zero-order valence-corrected chi connectivity index (χ0v) is 20.3. The second-order valence-electron chi connectivity index (χ2n) is 7.52. The van der Waals surface area contributed by atoms with Crippen molar-refractivity contribution in [3.8, 4) is 5.75 Å². The van der Waals surface area contributed by atoms with E-state index < -0.39 is 5.91 Å². The van der Waals surface area contributed by atoms with Gasteiger partial charge in [0.15, 0.2) is 5.69 Å². The molecular weight excluding hydrogens is 491 g/mol. The Balaban J connectivity index is 1.39. The fourth-order valence-electron chi connectivity index (χ4n) is 3.21. The molecular formula is C25H22Cl2N4O4. The molecule has 4 rings (SSSR count). The first-order chi connectivity index (χ1) is 16.9. The van der Waals surface area contributed by atoms with Crippen LogP contribution < -0.4 is 15.4 Å². The van der Waals surface area contributed by atoms with Crippen LogP contribution in [0.5, 0.6) is 5.75 Å². The predicted molar refractivity (Wildman–Crippen MR) is 133 cm³/mol. The Morgan fingerprint density at radius 1 is 1.09 bits per heavy atom. The molecule has 2 N–H and O–H groups in total. The van der Waals surface area contributed by atoms with E-state index in [1.54, 1.807) is 65.5 Å². The van der Waals surface area contributed by atoms with Gasteiger partial charge in [-0.25, -0.2) is 0 Å². The third-order valence-electron chi connectivity index (χ3n) is 5.06.